The largest absolute Gasteiger partial charge is 0.469 e. The van der Waals surface area contributed by atoms with Crippen LogP contribution in [0.5, 0.6) is 0 Å². The number of carbonyl (C=O) groups excluding carboxylic acids is 3. The molecule has 0 bridgehead atoms. The van der Waals surface area contributed by atoms with Gasteiger partial charge < -0.3 is 20.1 Å². The van der Waals surface area contributed by atoms with Gasteiger partial charge in [0.1, 0.15) is 6.61 Å². The van der Waals surface area contributed by atoms with Gasteiger partial charge in [-0.2, -0.15) is 0 Å². The van der Waals surface area contributed by atoms with Gasteiger partial charge in [-0.05, 0) is 5.56 Å². The Kier molecular flexibility index (Phi) is 4.98. The van der Waals surface area contributed by atoms with Gasteiger partial charge in [-0.3, -0.25) is 9.59 Å². The Labute approximate surface area is 128 Å². The first kappa shape index (κ1) is 15.8. The molecule has 1 saturated heterocycles. The molecule has 0 saturated carbocycles. The first-order chi connectivity index (χ1) is 10.5. The number of rotatable bonds is 5. The molecule has 2 rings (SSSR count). The zero-order valence-electron chi connectivity index (χ0n) is 12.3. The number of nitrogens with one attached hydrogen (secondary N) is 2. The molecule has 1 aliphatic rings. The highest BCUT2D eigenvalue weighted by molar-refractivity contribution is 5.84. The van der Waals surface area contributed by atoms with Crippen molar-refractivity contribution in [3.63, 3.8) is 0 Å². The predicted octanol–water partition coefficient (Wildman–Crippen LogP) is 0.735. The molecule has 1 aliphatic heterocycles. The molecule has 0 aromatic heterocycles. The monoisotopic (exact) mass is 306 g/mol. The van der Waals surface area contributed by atoms with E-state index in [0.717, 1.165) is 5.56 Å². The second-order valence-electron chi connectivity index (χ2n) is 5.17. The second-order valence-corrected chi connectivity index (χ2v) is 5.17. The third kappa shape index (κ3) is 4.21. The lowest BCUT2D eigenvalue weighted by Gasteiger charge is -2.26. The molecular formula is C15H18N2O5. The third-order valence-electron chi connectivity index (χ3n) is 3.41. The summed E-state index contributed by atoms with van der Waals surface area (Å²) in [6.07, 6.45) is -0.755. The van der Waals surface area contributed by atoms with Crippen molar-refractivity contribution >= 4 is 18.0 Å². The number of amides is 2. The van der Waals surface area contributed by atoms with Gasteiger partial charge in [0.2, 0.25) is 5.91 Å². The smallest absolute Gasteiger partial charge is 0.407 e. The molecular weight excluding hydrogens is 288 g/mol. The van der Waals surface area contributed by atoms with Crippen LogP contribution in [0.2, 0.25) is 0 Å². The highest BCUT2D eigenvalue weighted by Crippen LogP contribution is 2.21. The molecule has 118 valence electrons. The first-order valence-corrected chi connectivity index (χ1v) is 6.85. The van der Waals surface area contributed by atoms with Gasteiger partial charge >= 0.3 is 12.1 Å². The second kappa shape index (κ2) is 6.93. The Balaban J connectivity index is 1.93. The Morgan fingerprint density at radius 3 is 2.64 bits per heavy atom. The Morgan fingerprint density at radius 1 is 1.32 bits per heavy atom. The molecule has 1 aromatic carbocycles. The van der Waals surface area contributed by atoms with Gasteiger partial charge in [0.25, 0.3) is 0 Å². The summed E-state index contributed by atoms with van der Waals surface area (Å²) in [4.78, 5) is 34.9. The van der Waals surface area contributed by atoms with Crippen LogP contribution < -0.4 is 10.6 Å². The number of ether oxygens (including phenoxy) is 2. The van der Waals surface area contributed by atoms with E-state index >= 15 is 0 Å². The van der Waals surface area contributed by atoms with Crippen LogP contribution in [0.4, 0.5) is 4.79 Å². The summed E-state index contributed by atoms with van der Waals surface area (Å²) in [6, 6.07) is 9.21. The molecule has 1 heterocycles. The van der Waals surface area contributed by atoms with Gasteiger partial charge in [-0.1, -0.05) is 30.3 Å². The van der Waals surface area contributed by atoms with E-state index in [2.05, 4.69) is 15.4 Å². The minimum atomic E-state index is -1.00. The van der Waals surface area contributed by atoms with Crippen LogP contribution in [0, 0.1) is 0 Å². The standard InChI is InChI=1S/C15H18N2O5/c1-21-13(19)8-15(7-12(18)16-10-15)17-14(20)22-9-11-5-3-2-4-6-11/h2-6H,7-10H2,1H3,(H,16,18)(H,17,20). The van der Waals surface area contributed by atoms with Crippen molar-refractivity contribution in [1.29, 1.82) is 0 Å². The topological polar surface area (TPSA) is 93.7 Å². The molecule has 1 aromatic rings. The van der Waals surface area contributed by atoms with E-state index in [0.29, 0.717) is 0 Å². The highest BCUT2D eigenvalue weighted by atomic mass is 16.5. The van der Waals surface area contributed by atoms with E-state index in [4.69, 9.17) is 4.74 Å². The molecule has 22 heavy (non-hydrogen) atoms. The number of hydrogen-bond acceptors (Lipinski definition) is 5. The molecule has 2 N–H and O–H groups in total. The molecule has 1 atom stereocenters. The minimum absolute atomic E-state index is 0.0164. The summed E-state index contributed by atoms with van der Waals surface area (Å²) in [6.45, 7) is 0.281. The predicted molar refractivity (Wildman–Crippen MR) is 76.8 cm³/mol. The Bertz CT molecular complexity index is 560. The van der Waals surface area contributed by atoms with Crippen LogP contribution in [0.1, 0.15) is 18.4 Å². The number of alkyl carbamates (subject to hydrolysis) is 1. The summed E-state index contributed by atoms with van der Waals surface area (Å²) >= 11 is 0. The lowest BCUT2D eigenvalue weighted by molar-refractivity contribution is -0.142. The number of esters is 1. The van der Waals surface area contributed by atoms with Gasteiger partial charge in [-0.25, -0.2) is 4.79 Å². The number of hydrogen-bond donors (Lipinski definition) is 2. The van der Waals surface area contributed by atoms with Gasteiger partial charge in [-0.15, -0.1) is 0 Å². The highest BCUT2D eigenvalue weighted by Gasteiger charge is 2.42. The lowest BCUT2D eigenvalue weighted by atomic mass is 9.94. The van der Waals surface area contributed by atoms with E-state index in [1.165, 1.54) is 7.11 Å². The van der Waals surface area contributed by atoms with Crippen LogP contribution in [0.25, 0.3) is 0 Å². The molecule has 0 aliphatic carbocycles. The normalized spacial score (nSPS) is 20.1. The number of benzene rings is 1. The molecule has 1 unspecified atom stereocenters. The van der Waals surface area contributed by atoms with Crippen molar-refractivity contribution in [2.45, 2.75) is 25.0 Å². The summed E-state index contributed by atoms with van der Waals surface area (Å²) < 4.78 is 9.74. The summed E-state index contributed by atoms with van der Waals surface area (Å²) in [7, 11) is 1.26. The fraction of sp³-hybridized carbons (Fsp3) is 0.400. The average Bonchev–Trinajstić information content (AvgIpc) is 2.86. The van der Waals surface area contributed by atoms with Crippen molar-refractivity contribution in [3.8, 4) is 0 Å². The van der Waals surface area contributed by atoms with E-state index in [9.17, 15) is 14.4 Å². The summed E-state index contributed by atoms with van der Waals surface area (Å²) in [5.41, 5.74) is -0.155. The molecule has 0 spiro atoms. The summed E-state index contributed by atoms with van der Waals surface area (Å²) in [5, 5.41) is 5.21. The maximum absolute atomic E-state index is 11.9. The number of methoxy groups -OCH3 is 1. The summed E-state index contributed by atoms with van der Waals surface area (Å²) in [5.74, 6) is -0.730. The van der Waals surface area contributed by atoms with E-state index in [1.54, 1.807) is 0 Å². The van der Waals surface area contributed by atoms with Crippen molar-refractivity contribution in [1.82, 2.24) is 10.6 Å². The van der Waals surface area contributed by atoms with Gasteiger partial charge in [0, 0.05) is 6.54 Å². The van der Waals surface area contributed by atoms with Crippen molar-refractivity contribution in [2.24, 2.45) is 0 Å². The number of carbonyl (C=O) groups is 3. The first-order valence-electron chi connectivity index (χ1n) is 6.85. The van der Waals surface area contributed by atoms with Crippen molar-refractivity contribution in [2.75, 3.05) is 13.7 Å². The van der Waals surface area contributed by atoms with Crippen LogP contribution in [-0.4, -0.2) is 37.2 Å². The van der Waals surface area contributed by atoms with Gasteiger partial charge in [0.15, 0.2) is 0 Å². The SMILES string of the molecule is COC(=O)CC1(NC(=O)OCc2ccccc2)CNC(=O)C1. The van der Waals surface area contributed by atoms with Crippen molar-refractivity contribution < 1.29 is 23.9 Å². The lowest BCUT2D eigenvalue weighted by Crippen LogP contribution is -2.51. The van der Waals surface area contributed by atoms with E-state index < -0.39 is 17.6 Å². The maximum Gasteiger partial charge on any atom is 0.407 e. The Hall–Kier alpha value is -2.57. The van der Waals surface area contributed by atoms with Crippen molar-refractivity contribution in [3.05, 3.63) is 35.9 Å². The van der Waals surface area contributed by atoms with Crippen LogP contribution >= 0.6 is 0 Å². The molecule has 7 nitrogen and oxygen atoms in total. The zero-order chi connectivity index (χ0) is 16.0. The maximum atomic E-state index is 11.9. The quantitative estimate of drug-likeness (QED) is 0.782. The van der Waals surface area contributed by atoms with Crippen LogP contribution in [0.15, 0.2) is 30.3 Å². The van der Waals surface area contributed by atoms with Crippen LogP contribution in [0.3, 0.4) is 0 Å². The minimum Gasteiger partial charge on any atom is -0.469 e. The zero-order valence-corrected chi connectivity index (χ0v) is 12.3. The van der Waals surface area contributed by atoms with E-state index in [1.807, 2.05) is 30.3 Å². The van der Waals surface area contributed by atoms with Crippen LogP contribution in [-0.2, 0) is 25.7 Å². The van der Waals surface area contributed by atoms with E-state index in [-0.39, 0.29) is 31.9 Å². The fourth-order valence-electron chi connectivity index (χ4n) is 2.28. The van der Waals surface area contributed by atoms with Gasteiger partial charge in [0.05, 0.1) is 25.5 Å². The fourth-order valence-corrected chi connectivity index (χ4v) is 2.28. The average molecular weight is 306 g/mol. The third-order valence-corrected chi connectivity index (χ3v) is 3.41. The molecule has 1 fully saturated rings. The molecule has 7 heteroatoms. The molecule has 2 amide bonds. The Morgan fingerprint density at radius 2 is 2.05 bits per heavy atom. The molecule has 0 radical (unpaired) electrons.